The van der Waals surface area contributed by atoms with Crippen molar-refractivity contribution in [2.45, 2.75) is 0 Å². The number of carbonyl (C=O) groups is 1. The smallest absolute Gasteiger partial charge is 0.349 e. The van der Waals surface area contributed by atoms with E-state index in [-0.39, 0.29) is 16.7 Å². The Morgan fingerprint density at radius 3 is 2.80 bits per heavy atom. The van der Waals surface area contributed by atoms with E-state index in [0.29, 0.717) is 0 Å². The van der Waals surface area contributed by atoms with Crippen LogP contribution in [0.25, 0.3) is 0 Å². The first kappa shape index (κ1) is 14.0. The van der Waals surface area contributed by atoms with Crippen LogP contribution in [0, 0.1) is 5.82 Å². The minimum absolute atomic E-state index is 0.0149. The standard InChI is InChI=1S/C12H8ClFN2O4/c1-19-12(18)8-10(17)15-5-16-11(8)20-9-6(13)3-2-4-7(9)14/h2-5H,1H3,(H,15,16,17). The number of ether oxygens (including phenoxy) is 2. The normalized spacial score (nSPS) is 10.2. The molecule has 2 rings (SSSR count). The molecule has 104 valence electrons. The molecular formula is C12H8ClFN2O4. The lowest BCUT2D eigenvalue weighted by molar-refractivity contribution is 0.0592. The Kier molecular flexibility index (Phi) is 3.99. The maximum Gasteiger partial charge on any atom is 0.349 e. The monoisotopic (exact) mass is 298 g/mol. The molecule has 8 heteroatoms. The van der Waals surface area contributed by atoms with E-state index in [1.165, 1.54) is 12.1 Å². The number of para-hydroxylation sites is 1. The number of hydrogen-bond donors (Lipinski definition) is 1. The Morgan fingerprint density at radius 1 is 1.40 bits per heavy atom. The van der Waals surface area contributed by atoms with Crippen LogP contribution in [0.4, 0.5) is 4.39 Å². The summed E-state index contributed by atoms with van der Waals surface area (Å²) in [5.41, 5.74) is -0.422. The van der Waals surface area contributed by atoms with Crippen molar-refractivity contribution in [2.24, 2.45) is 0 Å². The van der Waals surface area contributed by atoms with Crippen molar-refractivity contribution in [3.8, 4) is 17.5 Å². The van der Waals surface area contributed by atoms with Gasteiger partial charge in [-0.2, -0.15) is 0 Å². The third-order valence-corrected chi connectivity index (χ3v) is 2.60. The molecule has 1 heterocycles. The van der Waals surface area contributed by atoms with Gasteiger partial charge in [0.15, 0.2) is 17.1 Å². The van der Waals surface area contributed by atoms with Gasteiger partial charge in [-0.05, 0) is 12.1 Å². The van der Waals surface area contributed by atoms with Crippen molar-refractivity contribution in [3.05, 3.63) is 40.9 Å². The van der Waals surface area contributed by atoms with Crippen LogP contribution in [-0.4, -0.2) is 28.2 Å². The summed E-state index contributed by atoms with van der Waals surface area (Å²) in [6.07, 6.45) is 0.950. The minimum atomic E-state index is -0.925. The zero-order valence-corrected chi connectivity index (χ0v) is 10.9. The van der Waals surface area contributed by atoms with Crippen molar-refractivity contribution in [2.75, 3.05) is 7.11 Å². The summed E-state index contributed by atoms with van der Waals surface area (Å²) in [5, 5.41) is 9.54. The summed E-state index contributed by atoms with van der Waals surface area (Å²) < 4.78 is 23.2. The first-order valence-corrected chi connectivity index (χ1v) is 5.66. The molecule has 1 N–H and O–H groups in total. The highest BCUT2D eigenvalue weighted by molar-refractivity contribution is 6.32. The van der Waals surface area contributed by atoms with Gasteiger partial charge < -0.3 is 14.6 Å². The summed E-state index contributed by atoms with van der Waals surface area (Å²) in [4.78, 5) is 18.6. The van der Waals surface area contributed by atoms with Gasteiger partial charge in [0.1, 0.15) is 6.33 Å². The summed E-state index contributed by atoms with van der Waals surface area (Å²) in [6, 6.07) is 3.92. The molecule has 1 aromatic carbocycles. The van der Waals surface area contributed by atoms with E-state index in [1.807, 2.05) is 0 Å². The molecule has 0 amide bonds. The Hall–Kier alpha value is -2.41. The third-order valence-electron chi connectivity index (χ3n) is 2.30. The molecule has 1 aromatic heterocycles. The number of hydrogen-bond acceptors (Lipinski definition) is 6. The van der Waals surface area contributed by atoms with Crippen LogP contribution >= 0.6 is 11.6 Å². The van der Waals surface area contributed by atoms with Crippen LogP contribution in [0.3, 0.4) is 0 Å². The molecule has 0 radical (unpaired) electrons. The Morgan fingerprint density at radius 2 is 2.15 bits per heavy atom. The second-order valence-corrected chi connectivity index (χ2v) is 3.93. The van der Waals surface area contributed by atoms with Gasteiger partial charge in [-0.15, -0.1) is 0 Å². The average Bonchev–Trinajstić information content (AvgIpc) is 2.42. The van der Waals surface area contributed by atoms with Crippen molar-refractivity contribution < 1.29 is 23.8 Å². The lowest BCUT2D eigenvalue weighted by Crippen LogP contribution is -2.07. The van der Waals surface area contributed by atoms with E-state index in [0.717, 1.165) is 19.5 Å². The number of nitrogens with zero attached hydrogens (tertiary/aromatic N) is 2. The van der Waals surface area contributed by atoms with Crippen molar-refractivity contribution in [3.63, 3.8) is 0 Å². The highest BCUT2D eigenvalue weighted by atomic mass is 35.5. The predicted octanol–water partition coefficient (Wildman–Crippen LogP) is 2.55. The third kappa shape index (κ3) is 2.62. The highest BCUT2D eigenvalue weighted by Gasteiger charge is 2.23. The molecule has 0 spiro atoms. The molecule has 0 saturated carbocycles. The molecular weight excluding hydrogens is 291 g/mol. The molecule has 6 nitrogen and oxygen atoms in total. The van der Waals surface area contributed by atoms with Crippen LogP contribution in [-0.2, 0) is 4.74 Å². The van der Waals surface area contributed by atoms with Crippen LogP contribution < -0.4 is 4.74 Å². The number of halogens is 2. The molecule has 0 aliphatic carbocycles. The number of esters is 1. The molecule has 0 atom stereocenters. The fourth-order valence-corrected chi connectivity index (χ4v) is 1.60. The van der Waals surface area contributed by atoms with E-state index in [9.17, 15) is 14.3 Å². The quantitative estimate of drug-likeness (QED) is 0.877. The largest absolute Gasteiger partial charge is 0.492 e. The molecule has 0 aliphatic rings. The second-order valence-electron chi connectivity index (χ2n) is 3.52. The van der Waals surface area contributed by atoms with E-state index in [1.54, 1.807) is 0 Å². The molecule has 2 aromatic rings. The maximum atomic E-state index is 13.6. The van der Waals surface area contributed by atoms with Crippen molar-refractivity contribution in [1.82, 2.24) is 9.97 Å². The van der Waals surface area contributed by atoms with Gasteiger partial charge in [-0.1, -0.05) is 17.7 Å². The zero-order chi connectivity index (χ0) is 14.7. The van der Waals surface area contributed by atoms with Gasteiger partial charge in [0.05, 0.1) is 12.1 Å². The molecule has 0 bridgehead atoms. The van der Waals surface area contributed by atoms with Crippen LogP contribution in [0.1, 0.15) is 10.4 Å². The Labute approximate surface area is 117 Å². The first-order valence-electron chi connectivity index (χ1n) is 5.28. The average molecular weight is 299 g/mol. The molecule has 0 unspecified atom stereocenters. The second kappa shape index (κ2) is 5.70. The molecule has 0 fully saturated rings. The van der Waals surface area contributed by atoms with Gasteiger partial charge in [0.2, 0.25) is 11.8 Å². The van der Waals surface area contributed by atoms with Gasteiger partial charge in [0.25, 0.3) is 0 Å². The summed E-state index contributed by atoms with van der Waals surface area (Å²) in [7, 11) is 1.11. The van der Waals surface area contributed by atoms with Gasteiger partial charge >= 0.3 is 5.97 Å². The summed E-state index contributed by atoms with van der Waals surface area (Å²) >= 11 is 5.80. The molecule has 0 aliphatic heterocycles. The Bertz CT molecular complexity index is 646. The van der Waals surface area contributed by atoms with Crippen LogP contribution in [0.5, 0.6) is 17.5 Å². The summed E-state index contributed by atoms with van der Waals surface area (Å²) in [6.45, 7) is 0. The first-order chi connectivity index (χ1) is 9.54. The number of aromatic nitrogens is 2. The van der Waals surface area contributed by atoms with E-state index >= 15 is 0 Å². The number of aromatic hydroxyl groups is 1. The van der Waals surface area contributed by atoms with E-state index in [4.69, 9.17) is 16.3 Å². The zero-order valence-electron chi connectivity index (χ0n) is 10.1. The fraction of sp³-hybridized carbons (Fsp3) is 0.0833. The number of methoxy groups -OCH3 is 1. The molecule has 0 saturated heterocycles. The Balaban J connectivity index is 2.49. The van der Waals surface area contributed by atoms with Gasteiger partial charge in [-0.25, -0.2) is 19.2 Å². The fourth-order valence-electron chi connectivity index (χ4n) is 1.40. The summed E-state index contributed by atoms with van der Waals surface area (Å²) in [5.74, 6) is -3.00. The van der Waals surface area contributed by atoms with Crippen LogP contribution in [0.15, 0.2) is 24.5 Å². The minimum Gasteiger partial charge on any atom is -0.492 e. The van der Waals surface area contributed by atoms with Crippen LogP contribution in [0.2, 0.25) is 5.02 Å². The topological polar surface area (TPSA) is 81.5 Å². The number of rotatable bonds is 3. The molecule has 20 heavy (non-hydrogen) atoms. The van der Waals surface area contributed by atoms with Crippen molar-refractivity contribution in [1.29, 1.82) is 0 Å². The SMILES string of the molecule is COC(=O)c1c(O)ncnc1Oc1c(F)cccc1Cl. The number of benzene rings is 1. The lowest BCUT2D eigenvalue weighted by Gasteiger charge is -2.10. The lowest BCUT2D eigenvalue weighted by atomic mass is 10.3. The van der Waals surface area contributed by atoms with Gasteiger partial charge in [0, 0.05) is 0 Å². The maximum absolute atomic E-state index is 13.6. The van der Waals surface area contributed by atoms with E-state index < -0.39 is 23.2 Å². The van der Waals surface area contributed by atoms with Crippen molar-refractivity contribution >= 4 is 17.6 Å². The van der Waals surface area contributed by atoms with Gasteiger partial charge in [-0.3, -0.25) is 0 Å². The van der Waals surface area contributed by atoms with E-state index in [2.05, 4.69) is 14.7 Å². The predicted molar refractivity (Wildman–Crippen MR) is 66.5 cm³/mol. The highest BCUT2D eigenvalue weighted by Crippen LogP contribution is 2.34. The number of carbonyl (C=O) groups excluding carboxylic acids is 1.